The lowest BCUT2D eigenvalue weighted by Gasteiger charge is -2.29. The van der Waals surface area contributed by atoms with Gasteiger partial charge in [-0.1, -0.05) is 6.08 Å². The monoisotopic (exact) mass is 724 g/mol. The quantitative estimate of drug-likeness (QED) is 0.166. The number of nitrogens with one attached hydrogen (secondary N) is 2. The molecule has 5 atom stereocenters. The lowest BCUT2D eigenvalue weighted by Crippen LogP contribution is -2.57. The summed E-state index contributed by atoms with van der Waals surface area (Å²) < 4.78 is 83.6. The van der Waals surface area contributed by atoms with Crippen LogP contribution >= 0.6 is 0 Å². The van der Waals surface area contributed by atoms with Crippen LogP contribution in [-0.2, 0) is 29.1 Å². The minimum Gasteiger partial charge on any atom is -0.497 e. The van der Waals surface area contributed by atoms with Crippen molar-refractivity contribution in [2.24, 2.45) is 16.6 Å². The van der Waals surface area contributed by atoms with Crippen molar-refractivity contribution in [1.29, 1.82) is 0 Å². The number of nitrogens with zero attached hydrogens (tertiary/aromatic N) is 3. The molecule has 0 unspecified atom stereocenters. The molecule has 2 aromatic rings. The third-order valence-corrected chi connectivity index (χ3v) is 10.9. The summed E-state index contributed by atoms with van der Waals surface area (Å²) in [6, 6.07) is 3.40. The first-order valence-electron chi connectivity index (χ1n) is 15.8. The van der Waals surface area contributed by atoms with E-state index < -0.39 is 80.4 Å². The fraction of sp³-hybridized carbons (Fsp3) is 0.531. The van der Waals surface area contributed by atoms with Crippen LogP contribution < -0.4 is 25.2 Å². The number of ether oxygens (including phenoxy) is 3. The van der Waals surface area contributed by atoms with E-state index in [0.717, 1.165) is 24.1 Å². The van der Waals surface area contributed by atoms with Gasteiger partial charge < -0.3 is 30.2 Å². The van der Waals surface area contributed by atoms with Gasteiger partial charge >= 0.3 is 6.18 Å². The van der Waals surface area contributed by atoms with E-state index in [1.165, 1.54) is 26.3 Å². The third-order valence-electron chi connectivity index (χ3n) is 9.03. The Labute approximate surface area is 286 Å². The maximum absolute atomic E-state index is 14.0. The molecule has 272 valence electrons. The maximum atomic E-state index is 14.0. The van der Waals surface area contributed by atoms with E-state index in [2.05, 4.69) is 26.6 Å². The lowest BCUT2D eigenvalue weighted by molar-refractivity contribution is -0.239. The molecule has 3 aliphatic rings. The van der Waals surface area contributed by atoms with Gasteiger partial charge in [0, 0.05) is 23.9 Å². The number of amidine groups is 1. The molecule has 2 saturated carbocycles. The predicted octanol–water partition coefficient (Wildman–Crippen LogP) is 2.32. The molecule has 4 N–H and O–H groups in total. The minimum atomic E-state index is -4.80. The van der Waals surface area contributed by atoms with E-state index in [1.54, 1.807) is 24.3 Å². The van der Waals surface area contributed by atoms with E-state index >= 15 is 0 Å². The fourth-order valence-corrected chi connectivity index (χ4v) is 7.10. The summed E-state index contributed by atoms with van der Waals surface area (Å²) in [6.45, 7) is 6.28. The highest BCUT2D eigenvalue weighted by Crippen LogP contribution is 2.45. The average molecular weight is 725 g/mol. The number of nitrogens with two attached hydrogens (primary N) is 1. The number of pyridine rings is 1. The summed E-state index contributed by atoms with van der Waals surface area (Å²) in [5.41, 5.74) is 1.32. The third kappa shape index (κ3) is 7.44. The van der Waals surface area contributed by atoms with E-state index in [9.17, 15) is 36.0 Å². The summed E-state index contributed by atoms with van der Waals surface area (Å²) in [5, 5.41) is 3.33. The molecular formula is C32H39F3N6O8S. The zero-order valence-corrected chi connectivity index (χ0v) is 28.6. The first kappa shape index (κ1) is 36.7. The Kier molecular flexibility index (Phi) is 9.72. The number of hydrogen-bond acceptors (Lipinski definition) is 10. The number of halogens is 3. The molecule has 1 aromatic heterocycles. The molecular weight excluding hydrogens is 685 g/mol. The number of hydrogen-bond donors (Lipinski definition) is 3. The van der Waals surface area contributed by atoms with Crippen LogP contribution in [0.5, 0.6) is 11.6 Å². The summed E-state index contributed by atoms with van der Waals surface area (Å²) in [7, 11) is -2.42. The number of methoxy groups -OCH3 is 1. The molecule has 2 aliphatic carbocycles. The van der Waals surface area contributed by atoms with Crippen LogP contribution in [0.1, 0.15) is 46.5 Å². The standard InChI is InChI=1S/C32H39F3N6O8S/c1-6-19-15-31(19,28(44)40-50(45,46)22-8-9-22)39-25(42)24-14-21(48-26-23-10-7-20(47-5)13-18(23)11-12-37-26)16-41(24)27(43)17(2)38-29(36)49-30(3,4)32(33,34)35/h6-7,10-13,17,19,21-22,24H,1,8-9,14-16H2,2-5H3,(H2,36,38)(H,39,42)(H,40,44)/t17-,19+,21+,24-,31+/m0/s1. The molecule has 14 nitrogen and oxygen atoms in total. The highest BCUT2D eigenvalue weighted by atomic mass is 32.2. The Morgan fingerprint density at radius 3 is 2.52 bits per heavy atom. The van der Waals surface area contributed by atoms with Gasteiger partial charge in [-0.25, -0.2) is 18.4 Å². The van der Waals surface area contributed by atoms with Crippen LogP contribution in [0.3, 0.4) is 0 Å². The molecule has 3 fully saturated rings. The van der Waals surface area contributed by atoms with Crippen molar-refractivity contribution >= 4 is 44.5 Å². The number of amides is 3. The second-order valence-electron chi connectivity index (χ2n) is 13.1. The van der Waals surface area contributed by atoms with E-state index in [0.29, 0.717) is 24.0 Å². The van der Waals surface area contributed by atoms with Gasteiger partial charge in [-0.15, -0.1) is 6.58 Å². The number of aliphatic imine (C=N–C) groups is 1. The topological polar surface area (TPSA) is 192 Å². The summed E-state index contributed by atoms with van der Waals surface area (Å²) in [5.74, 6) is -2.29. The van der Waals surface area contributed by atoms with Crippen molar-refractivity contribution in [3.63, 3.8) is 0 Å². The van der Waals surface area contributed by atoms with Crippen LogP contribution in [0.2, 0.25) is 0 Å². The number of benzene rings is 1. The minimum absolute atomic E-state index is 0.0712. The Bertz CT molecular complexity index is 1830. The predicted molar refractivity (Wildman–Crippen MR) is 174 cm³/mol. The Morgan fingerprint density at radius 2 is 1.92 bits per heavy atom. The number of sulfonamides is 1. The van der Waals surface area contributed by atoms with Crippen molar-refractivity contribution in [2.45, 2.75) is 87.2 Å². The van der Waals surface area contributed by atoms with E-state index in [4.69, 9.17) is 19.9 Å². The van der Waals surface area contributed by atoms with E-state index in [1.807, 2.05) is 0 Å². The molecule has 0 radical (unpaired) electrons. The number of carbonyl (C=O) groups is 3. The maximum Gasteiger partial charge on any atom is 0.427 e. The Hall–Kier alpha value is -4.61. The largest absolute Gasteiger partial charge is 0.497 e. The smallest absolute Gasteiger partial charge is 0.427 e. The molecule has 0 bridgehead atoms. The summed E-state index contributed by atoms with van der Waals surface area (Å²) in [4.78, 5) is 50.3. The first-order chi connectivity index (χ1) is 23.3. The highest BCUT2D eigenvalue weighted by Gasteiger charge is 2.62. The van der Waals surface area contributed by atoms with Gasteiger partial charge in [0.25, 0.3) is 11.9 Å². The number of rotatable bonds is 12. The molecule has 0 spiro atoms. The number of alkyl halides is 3. The van der Waals surface area contributed by atoms with Crippen LogP contribution in [0.15, 0.2) is 48.1 Å². The van der Waals surface area contributed by atoms with Crippen LogP contribution in [0.25, 0.3) is 10.8 Å². The highest BCUT2D eigenvalue weighted by molar-refractivity contribution is 7.91. The summed E-state index contributed by atoms with van der Waals surface area (Å²) >= 11 is 0. The molecule has 50 heavy (non-hydrogen) atoms. The van der Waals surface area contributed by atoms with Crippen molar-refractivity contribution < 1.29 is 50.2 Å². The Morgan fingerprint density at radius 1 is 1.22 bits per heavy atom. The number of carbonyl (C=O) groups excluding carboxylic acids is 3. The molecule has 1 aliphatic heterocycles. The molecule has 2 heterocycles. The number of aromatic nitrogens is 1. The van der Waals surface area contributed by atoms with Crippen LogP contribution in [0.4, 0.5) is 13.2 Å². The van der Waals surface area contributed by atoms with Crippen molar-refractivity contribution in [1.82, 2.24) is 19.9 Å². The zero-order chi connectivity index (χ0) is 36.8. The Balaban J connectivity index is 1.40. The van der Waals surface area contributed by atoms with Gasteiger partial charge in [-0.3, -0.25) is 19.1 Å². The SMILES string of the molecule is C=C[C@@H]1C[C@]1(NC(=O)[C@@H]1C[C@@H](Oc2nccc3cc(OC)ccc23)CN1C(=O)[C@H](C)N=C(N)OC(C)(C)C(F)(F)F)C(=O)NS(=O)(=O)C1CC1. The molecule has 18 heteroatoms. The molecule has 3 amide bonds. The second kappa shape index (κ2) is 13.3. The van der Waals surface area contributed by atoms with Gasteiger partial charge in [0.2, 0.25) is 33.3 Å². The van der Waals surface area contributed by atoms with E-state index in [-0.39, 0.29) is 25.3 Å². The number of fused-ring (bicyclic) bond motifs is 1. The second-order valence-corrected chi connectivity index (χ2v) is 15.1. The molecule has 5 rings (SSSR count). The van der Waals surface area contributed by atoms with Gasteiger partial charge in [-0.05, 0) is 69.7 Å². The zero-order valence-electron chi connectivity index (χ0n) is 27.8. The van der Waals surface area contributed by atoms with Crippen LogP contribution in [0, 0.1) is 5.92 Å². The molecule has 1 aromatic carbocycles. The van der Waals surface area contributed by atoms with Crippen molar-refractivity contribution in [3.8, 4) is 11.6 Å². The fourth-order valence-electron chi connectivity index (χ4n) is 5.73. The van der Waals surface area contributed by atoms with Gasteiger partial charge in [0.15, 0.2) is 0 Å². The van der Waals surface area contributed by atoms with Gasteiger partial charge in [0.1, 0.15) is 29.5 Å². The number of likely N-dealkylation sites (tertiary alicyclic amines) is 1. The van der Waals surface area contributed by atoms with Gasteiger partial charge in [-0.2, -0.15) is 13.2 Å². The van der Waals surface area contributed by atoms with Crippen molar-refractivity contribution in [3.05, 3.63) is 43.1 Å². The average Bonchev–Trinajstić information content (AvgIpc) is 3.96. The van der Waals surface area contributed by atoms with Crippen molar-refractivity contribution in [2.75, 3.05) is 13.7 Å². The lowest BCUT2D eigenvalue weighted by atomic mass is 10.1. The summed E-state index contributed by atoms with van der Waals surface area (Å²) in [6.07, 6.45) is -1.87. The molecule has 1 saturated heterocycles. The first-order valence-corrected chi connectivity index (χ1v) is 17.4. The normalized spacial score (nSPS) is 24.7. The van der Waals surface area contributed by atoms with Gasteiger partial charge in [0.05, 0.1) is 18.9 Å². The van der Waals surface area contributed by atoms with Crippen LogP contribution in [-0.4, -0.2) is 96.5 Å².